The number of carbonyl (C=O) groups excluding carboxylic acids is 2. The summed E-state index contributed by atoms with van der Waals surface area (Å²) in [5.74, 6) is 0.473. The lowest BCUT2D eigenvalue weighted by Gasteiger charge is -2.27. The van der Waals surface area contributed by atoms with E-state index in [0.29, 0.717) is 37.3 Å². The van der Waals surface area contributed by atoms with Crippen LogP contribution in [0.5, 0.6) is 0 Å². The lowest BCUT2D eigenvalue weighted by Crippen LogP contribution is -2.37. The Morgan fingerprint density at radius 2 is 2.04 bits per heavy atom. The quantitative estimate of drug-likeness (QED) is 0.745. The highest BCUT2D eigenvalue weighted by Crippen LogP contribution is 2.25. The van der Waals surface area contributed by atoms with Crippen molar-refractivity contribution >= 4 is 29.0 Å². The largest absolute Gasteiger partial charge is 0.337 e. The standard InChI is InChI=1S/C19H18N4O2S/c24-17(11-14-7-4-10-26-14)23-9-8-16-15(12-23)18(22-21-16)20-19(25)13-5-2-1-3-6-13/h1-7,10H,8-9,11-12H2,(H2,20,21,22,25). The third-order valence-electron chi connectivity index (χ3n) is 4.45. The molecular formula is C19H18N4O2S. The van der Waals surface area contributed by atoms with E-state index < -0.39 is 0 Å². The zero-order chi connectivity index (χ0) is 17.9. The summed E-state index contributed by atoms with van der Waals surface area (Å²) in [6, 6.07) is 13.0. The topological polar surface area (TPSA) is 78.1 Å². The van der Waals surface area contributed by atoms with Gasteiger partial charge >= 0.3 is 0 Å². The number of fused-ring (bicyclic) bond motifs is 1. The van der Waals surface area contributed by atoms with Crippen LogP contribution >= 0.6 is 11.3 Å². The molecule has 0 bridgehead atoms. The van der Waals surface area contributed by atoms with Crippen LogP contribution < -0.4 is 5.32 Å². The number of aromatic amines is 1. The predicted octanol–water partition coefficient (Wildman–Crippen LogP) is 2.85. The lowest BCUT2D eigenvalue weighted by atomic mass is 10.1. The van der Waals surface area contributed by atoms with Crippen LogP contribution in [0, 0.1) is 0 Å². The van der Waals surface area contributed by atoms with Crippen LogP contribution in [0.25, 0.3) is 0 Å². The number of rotatable bonds is 4. The highest BCUT2D eigenvalue weighted by Gasteiger charge is 2.26. The molecule has 1 aromatic carbocycles. The number of anilines is 1. The van der Waals surface area contributed by atoms with Gasteiger partial charge in [-0.3, -0.25) is 14.7 Å². The van der Waals surface area contributed by atoms with Gasteiger partial charge in [-0.2, -0.15) is 5.10 Å². The first-order valence-electron chi connectivity index (χ1n) is 8.43. The normalized spacial score (nSPS) is 13.3. The minimum atomic E-state index is -0.195. The minimum Gasteiger partial charge on any atom is -0.337 e. The Morgan fingerprint density at radius 3 is 2.81 bits per heavy atom. The SMILES string of the molecule is O=C(Nc1[nH]nc2c1CN(C(=O)Cc1cccs1)CC2)c1ccccc1. The van der Waals surface area contributed by atoms with E-state index in [9.17, 15) is 9.59 Å². The van der Waals surface area contributed by atoms with Crippen molar-refractivity contribution < 1.29 is 9.59 Å². The molecule has 132 valence electrons. The molecule has 0 fully saturated rings. The molecule has 0 unspecified atom stereocenters. The number of aromatic nitrogens is 2. The first-order valence-corrected chi connectivity index (χ1v) is 9.31. The summed E-state index contributed by atoms with van der Waals surface area (Å²) in [4.78, 5) is 27.8. The fourth-order valence-corrected chi connectivity index (χ4v) is 3.75. The monoisotopic (exact) mass is 366 g/mol. The van der Waals surface area contributed by atoms with Crippen LogP contribution in [0.2, 0.25) is 0 Å². The molecule has 0 saturated carbocycles. The van der Waals surface area contributed by atoms with Gasteiger partial charge in [-0.25, -0.2) is 0 Å². The first kappa shape index (κ1) is 16.5. The van der Waals surface area contributed by atoms with Gasteiger partial charge in [0.2, 0.25) is 5.91 Å². The average Bonchev–Trinajstić information content (AvgIpc) is 3.32. The van der Waals surface area contributed by atoms with Crippen molar-refractivity contribution in [3.05, 3.63) is 69.5 Å². The van der Waals surface area contributed by atoms with E-state index in [1.165, 1.54) is 0 Å². The summed E-state index contributed by atoms with van der Waals surface area (Å²) in [6.45, 7) is 1.11. The van der Waals surface area contributed by atoms with E-state index in [2.05, 4.69) is 15.5 Å². The number of thiophene rings is 1. The van der Waals surface area contributed by atoms with Crippen molar-refractivity contribution in [1.29, 1.82) is 0 Å². The minimum absolute atomic E-state index is 0.0969. The second-order valence-electron chi connectivity index (χ2n) is 6.17. The Hall–Kier alpha value is -2.93. The van der Waals surface area contributed by atoms with Crippen LogP contribution in [0.3, 0.4) is 0 Å². The average molecular weight is 366 g/mol. The molecule has 0 spiro atoms. The number of nitrogens with one attached hydrogen (secondary N) is 2. The summed E-state index contributed by atoms with van der Waals surface area (Å²) in [7, 11) is 0. The molecule has 0 saturated heterocycles. The third-order valence-corrected chi connectivity index (χ3v) is 5.33. The number of benzene rings is 1. The van der Waals surface area contributed by atoms with Crippen LogP contribution in [-0.2, 0) is 24.2 Å². The number of carbonyl (C=O) groups is 2. The van der Waals surface area contributed by atoms with Crippen LogP contribution in [-0.4, -0.2) is 33.5 Å². The Bertz CT molecular complexity index is 918. The maximum absolute atomic E-state index is 12.6. The van der Waals surface area contributed by atoms with Crippen molar-refractivity contribution in [2.45, 2.75) is 19.4 Å². The number of hydrogen-bond donors (Lipinski definition) is 2. The van der Waals surface area contributed by atoms with Gasteiger partial charge in [0.15, 0.2) is 0 Å². The molecule has 2 aromatic heterocycles. The second-order valence-corrected chi connectivity index (χ2v) is 7.20. The second kappa shape index (κ2) is 7.13. The molecule has 1 aliphatic rings. The molecule has 1 aliphatic heterocycles. The number of nitrogens with zero attached hydrogens (tertiary/aromatic N) is 2. The molecule has 2 amide bonds. The summed E-state index contributed by atoms with van der Waals surface area (Å²) in [5, 5.41) is 12.1. The maximum Gasteiger partial charge on any atom is 0.256 e. The molecular weight excluding hydrogens is 348 g/mol. The Morgan fingerprint density at radius 1 is 1.19 bits per heavy atom. The number of H-pyrrole nitrogens is 1. The maximum atomic E-state index is 12.6. The van der Waals surface area contributed by atoms with E-state index in [-0.39, 0.29) is 11.8 Å². The van der Waals surface area contributed by atoms with Gasteiger partial charge in [0.1, 0.15) is 5.82 Å². The van der Waals surface area contributed by atoms with Gasteiger partial charge in [-0.05, 0) is 23.6 Å². The van der Waals surface area contributed by atoms with Crippen molar-refractivity contribution in [2.75, 3.05) is 11.9 Å². The van der Waals surface area contributed by atoms with Gasteiger partial charge in [0, 0.05) is 29.0 Å². The molecule has 0 aliphatic carbocycles. The molecule has 4 rings (SSSR count). The van der Waals surface area contributed by atoms with Crippen LogP contribution in [0.4, 0.5) is 5.82 Å². The highest BCUT2D eigenvalue weighted by molar-refractivity contribution is 7.10. The van der Waals surface area contributed by atoms with Gasteiger partial charge in [0.05, 0.1) is 18.7 Å². The molecule has 26 heavy (non-hydrogen) atoms. The van der Waals surface area contributed by atoms with Gasteiger partial charge in [-0.15, -0.1) is 11.3 Å². The van der Waals surface area contributed by atoms with E-state index in [1.54, 1.807) is 23.5 Å². The zero-order valence-corrected chi connectivity index (χ0v) is 14.9. The van der Waals surface area contributed by atoms with E-state index in [4.69, 9.17) is 0 Å². The van der Waals surface area contributed by atoms with Crippen molar-refractivity contribution in [3.63, 3.8) is 0 Å². The third kappa shape index (κ3) is 3.39. The number of hydrogen-bond acceptors (Lipinski definition) is 4. The molecule has 2 N–H and O–H groups in total. The van der Waals surface area contributed by atoms with Crippen molar-refractivity contribution in [3.8, 4) is 0 Å². The van der Waals surface area contributed by atoms with Gasteiger partial charge < -0.3 is 10.2 Å². The Kier molecular flexibility index (Phi) is 4.53. The summed E-state index contributed by atoms with van der Waals surface area (Å²) in [5.41, 5.74) is 2.38. The summed E-state index contributed by atoms with van der Waals surface area (Å²) in [6.07, 6.45) is 1.10. The highest BCUT2D eigenvalue weighted by atomic mass is 32.1. The molecule has 3 heterocycles. The smallest absolute Gasteiger partial charge is 0.256 e. The fourth-order valence-electron chi connectivity index (χ4n) is 3.06. The molecule has 0 atom stereocenters. The molecule has 3 aromatic rings. The molecule has 6 nitrogen and oxygen atoms in total. The van der Waals surface area contributed by atoms with Crippen molar-refractivity contribution in [2.24, 2.45) is 0 Å². The summed E-state index contributed by atoms with van der Waals surface area (Å²) >= 11 is 1.59. The number of amides is 2. The van der Waals surface area contributed by atoms with Crippen molar-refractivity contribution in [1.82, 2.24) is 15.1 Å². The Balaban J connectivity index is 1.47. The van der Waals surface area contributed by atoms with Gasteiger partial charge in [0.25, 0.3) is 5.91 Å². The lowest BCUT2D eigenvalue weighted by molar-refractivity contribution is -0.131. The van der Waals surface area contributed by atoms with Crippen LogP contribution in [0.1, 0.15) is 26.5 Å². The van der Waals surface area contributed by atoms with Gasteiger partial charge in [-0.1, -0.05) is 24.3 Å². The Labute approximate surface area is 154 Å². The van der Waals surface area contributed by atoms with Crippen LogP contribution in [0.15, 0.2) is 47.8 Å². The van der Waals surface area contributed by atoms with E-state index in [1.807, 2.05) is 40.6 Å². The molecule has 7 heteroatoms. The predicted molar refractivity (Wildman–Crippen MR) is 100 cm³/mol. The fraction of sp³-hybridized carbons (Fsp3) is 0.211. The van der Waals surface area contributed by atoms with E-state index >= 15 is 0 Å². The molecule has 0 radical (unpaired) electrons. The summed E-state index contributed by atoms with van der Waals surface area (Å²) < 4.78 is 0. The first-order chi connectivity index (χ1) is 12.7. The van der Waals surface area contributed by atoms with E-state index in [0.717, 1.165) is 16.1 Å². The zero-order valence-electron chi connectivity index (χ0n) is 14.1.